The Balaban J connectivity index is 2.35. The summed E-state index contributed by atoms with van der Waals surface area (Å²) in [5.74, 6) is 1.10. The second kappa shape index (κ2) is 5.78. The van der Waals surface area contributed by atoms with Crippen LogP contribution >= 0.6 is 23.4 Å². The molecule has 0 heterocycles. The highest BCUT2D eigenvalue weighted by Gasteiger charge is 2.14. The van der Waals surface area contributed by atoms with E-state index in [0.29, 0.717) is 0 Å². The first kappa shape index (κ1) is 12.9. The van der Waals surface area contributed by atoms with Crippen LogP contribution in [-0.2, 0) is 0 Å². The second-order valence-electron chi connectivity index (χ2n) is 4.42. The van der Waals surface area contributed by atoms with E-state index in [1.165, 1.54) is 4.90 Å². The summed E-state index contributed by atoms with van der Waals surface area (Å²) in [7, 11) is 0. The van der Waals surface area contributed by atoms with E-state index in [2.05, 4.69) is 26.0 Å². The lowest BCUT2D eigenvalue weighted by Crippen LogP contribution is -2.23. The summed E-state index contributed by atoms with van der Waals surface area (Å²) in [6, 6.07) is 7.97. The summed E-state index contributed by atoms with van der Waals surface area (Å²) in [5, 5.41) is 0.793. The number of hydrogen-bond donors (Lipinski definition) is 1. The molecule has 0 amide bonds. The van der Waals surface area contributed by atoms with E-state index < -0.39 is 0 Å². The average Bonchev–Trinajstić information content (AvgIpc) is 2.21. The van der Waals surface area contributed by atoms with Gasteiger partial charge in [-0.25, -0.2) is 0 Å². The van der Waals surface area contributed by atoms with E-state index in [1.807, 2.05) is 23.9 Å². The fourth-order valence-corrected chi connectivity index (χ4v) is 2.42. The lowest BCUT2D eigenvalue weighted by atomic mass is 9.91. The Morgan fingerprint density at radius 2 is 1.87 bits per heavy atom. The van der Waals surface area contributed by atoms with Gasteiger partial charge in [0, 0.05) is 9.92 Å². The zero-order valence-corrected chi connectivity index (χ0v) is 10.9. The minimum Gasteiger partial charge on any atom is -0.330 e. The zero-order valence-electron chi connectivity index (χ0n) is 9.29. The molecule has 84 valence electrons. The number of benzene rings is 1. The van der Waals surface area contributed by atoms with Gasteiger partial charge in [0.2, 0.25) is 0 Å². The number of rotatable bonds is 5. The standard InChI is InChI=1S/C12H18ClNS/c1-12(2,9-14)7-8-15-11-5-3-10(13)4-6-11/h3-6H,7-9,14H2,1-2H3. The van der Waals surface area contributed by atoms with Crippen molar-refractivity contribution < 1.29 is 0 Å². The van der Waals surface area contributed by atoms with Crippen LogP contribution in [0.3, 0.4) is 0 Å². The maximum atomic E-state index is 5.81. The van der Waals surface area contributed by atoms with Crippen molar-refractivity contribution in [1.29, 1.82) is 0 Å². The highest BCUT2D eigenvalue weighted by Crippen LogP contribution is 2.26. The molecular formula is C12H18ClNS. The minimum absolute atomic E-state index is 0.249. The summed E-state index contributed by atoms with van der Waals surface area (Å²) < 4.78 is 0. The first-order valence-electron chi connectivity index (χ1n) is 5.12. The van der Waals surface area contributed by atoms with Crippen molar-refractivity contribution in [1.82, 2.24) is 0 Å². The monoisotopic (exact) mass is 243 g/mol. The minimum atomic E-state index is 0.249. The van der Waals surface area contributed by atoms with Crippen LogP contribution in [0.4, 0.5) is 0 Å². The fraction of sp³-hybridized carbons (Fsp3) is 0.500. The molecule has 0 radical (unpaired) electrons. The number of halogens is 1. The predicted molar refractivity (Wildman–Crippen MR) is 69.6 cm³/mol. The van der Waals surface area contributed by atoms with Crippen LogP contribution < -0.4 is 5.73 Å². The molecule has 0 aliphatic carbocycles. The van der Waals surface area contributed by atoms with Gasteiger partial charge in [-0.15, -0.1) is 11.8 Å². The summed E-state index contributed by atoms with van der Waals surface area (Å²) >= 11 is 7.67. The normalized spacial score (nSPS) is 11.7. The molecule has 0 aliphatic heterocycles. The smallest absolute Gasteiger partial charge is 0.0406 e. The Bertz CT molecular complexity index is 295. The SMILES string of the molecule is CC(C)(CN)CCSc1ccc(Cl)cc1. The van der Waals surface area contributed by atoms with E-state index in [9.17, 15) is 0 Å². The summed E-state index contributed by atoms with van der Waals surface area (Å²) in [5.41, 5.74) is 5.93. The lowest BCUT2D eigenvalue weighted by molar-refractivity contribution is 0.368. The zero-order chi connectivity index (χ0) is 11.3. The highest BCUT2D eigenvalue weighted by atomic mass is 35.5. The third-order valence-electron chi connectivity index (χ3n) is 2.41. The van der Waals surface area contributed by atoms with Crippen molar-refractivity contribution >= 4 is 23.4 Å². The van der Waals surface area contributed by atoms with Gasteiger partial charge in [-0.1, -0.05) is 25.4 Å². The van der Waals surface area contributed by atoms with Gasteiger partial charge in [-0.2, -0.15) is 0 Å². The largest absolute Gasteiger partial charge is 0.330 e. The van der Waals surface area contributed by atoms with Crippen molar-refractivity contribution in [2.45, 2.75) is 25.2 Å². The topological polar surface area (TPSA) is 26.0 Å². The quantitative estimate of drug-likeness (QED) is 0.796. The molecule has 3 heteroatoms. The molecule has 0 atom stereocenters. The van der Waals surface area contributed by atoms with E-state index >= 15 is 0 Å². The number of hydrogen-bond acceptors (Lipinski definition) is 2. The van der Waals surface area contributed by atoms with Gasteiger partial charge in [0.15, 0.2) is 0 Å². The first-order valence-corrected chi connectivity index (χ1v) is 6.48. The van der Waals surface area contributed by atoms with Crippen LogP contribution in [0.25, 0.3) is 0 Å². The fourth-order valence-electron chi connectivity index (χ4n) is 1.08. The van der Waals surface area contributed by atoms with Gasteiger partial charge in [0.1, 0.15) is 0 Å². The first-order chi connectivity index (χ1) is 7.03. The summed E-state index contributed by atoms with van der Waals surface area (Å²) in [6.07, 6.45) is 1.14. The Morgan fingerprint density at radius 1 is 1.27 bits per heavy atom. The third kappa shape index (κ3) is 4.92. The van der Waals surface area contributed by atoms with Gasteiger partial charge < -0.3 is 5.73 Å². The molecule has 0 saturated heterocycles. The van der Waals surface area contributed by atoms with Gasteiger partial charge in [-0.3, -0.25) is 0 Å². The lowest BCUT2D eigenvalue weighted by Gasteiger charge is -2.21. The molecule has 0 unspecified atom stereocenters. The molecule has 15 heavy (non-hydrogen) atoms. The second-order valence-corrected chi connectivity index (χ2v) is 6.03. The van der Waals surface area contributed by atoms with Gasteiger partial charge in [0.05, 0.1) is 0 Å². The van der Waals surface area contributed by atoms with Crippen LogP contribution in [0.15, 0.2) is 29.2 Å². The van der Waals surface area contributed by atoms with Gasteiger partial charge >= 0.3 is 0 Å². The Kier molecular flexibility index (Phi) is 4.97. The Morgan fingerprint density at radius 3 is 2.40 bits per heavy atom. The van der Waals surface area contributed by atoms with Crippen LogP contribution in [0, 0.1) is 5.41 Å². The van der Waals surface area contributed by atoms with Crippen molar-refractivity contribution in [3.8, 4) is 0 Å². The predicted octanol–water partition coefficient (Wildman–Crippen LogP) is 3.81. The van der Waals surface area contributed by atoms with Gasteiger partial charge in [0.25, 0.3) is 0 Å². The van der Waals surface area contributed by atoms with E-state index in [1.54, 1.807) is 0 Å². The van der Waals surface area contributed by atoms with Crippen molar-refractivity contribution in [3.63, 3.8) is 0 Å². The molecule has 1 nitrogen and oxygen atoms in total. The molecule has 1 aromatic rings. The number of nitrogens with two attached hydrogens (primary N) is 1. The highest BCUT2D eigenvalue weighted by molar-refractivity contribution is 7.99. The Hall–Kier alpha value is -0.180. The molecule has 0 saturated carbocycles. The summed E-state index contributed by atoms with van der Waals surface area (Å²) in [6.45, 7) is 5.15. The molecular weight excluding hydrogens is 226 g/mol. The third-order valence-corrected chi connectivity index (χ3v) is 3.68. The van der Waals surface area contributed by atoms with E-state index in [4.69, 9.17) is 17.3 Å². The molecule has 0 spiro atoms. The van der Waals surface area contributed by atoms with Crippen LogP contribution in [0.1, 0.15) is 20.3 Å². The Labute approximate surface area is 101 Å². The number of thioether (sulfide) groups is 1. The maximum Gasteiger partial charge on any atom is 0.0406 e. The van der Waals surface area contributed by atoms with Crippen molar-refractivity contribution in [2.24, 2.45) is 11.1 Å². The molecule has 0 fully saturated rings. The summed E-state index contributed by atoms with van der Waals surface area (Å²) in [4.78, 5) is 1.27. The molecule has 1 rings (SSSR count). The molecule has 1 aromatic carbocycles. The van der Waals surface area contributed by atoms with Crippen LogP contribution in [-0.4, -0.2) is 12.3 Å². The average molecular weight is 244 g/mol. The van der Waals surface area contributed by atoms with E-state index in [-0.39, 0.29) is 5.41 Å². The van der Waals surface area contributed by atoms with Crippen molar-refractivity contribution in [3.05, 3.63) is 29.3 Å². The van der Waals surface area contributed by atoms with E-state index in [0.717, 1.165) is 23.7 Å². The van der Waals surface area contributed by atoms with Crippen LogP contribution in [0.5, 0.6) is 0 Å². The van der Waals surface area contributed by atoms with Gasteiger partial charge in [-0.05, 0) is 48.4 Å². The van der Waals surface area contributed by atoms with Crippen LogP contribution in [0.2, 0.25) is 5.02 Å². The molecule has 0 bridgehead atoms. The molecule has 0 aliphatic rings. The molecule has 0 aromatic heterocycles. The van der Waals surface area contributed by atoms with Crippen molar-refractivity contribution in [2.75, 3.05) is 12.3 Å². The molecule has 2 N–H and O–H groups in total. The maximum absolute atomic E-state index is 5.81.